The summed E-state index contributed by atoms with van der Waals surface area (Å²) in [6.07, 6.45) is 1.61. The van der Waals surface area contributed by atoms with Gasteiger partial charge >= 0.3 is 0 Å². The van der Waals surface area contributed by atoms with Gasteiger partial charge in [0.05, 0.1) is 12.1 Å². The highest BCUT2D eigenvalue weighted by Gasteiger charge is 2.31. The molecule has 2 heterocycles. The minimum Gasteiger partial charge on any atom is -0.387 e. The lowest BCUT2D eigenvalue weighted by Gasteiger charge is -2.25. The molecule has 1 aromatic heterocycles. The number of benzene rings is 1. The molecule has 0 bridgehead atoms. The summed E-state index contributed by atoms with van der Waals surface area (Å²) in [4.78, 5) is 6.61. The van der Waals surface area contributed by atoms with Crippen LogP contribution in [0.4, 0.5) is 0 Å². The summed E-state index contributed by atoms with van der Waals surface area (Å²) in [5.74, 6) is 1.33. The summed E-state index contributed by atoms with van der Waals surface area (Å²) < 4.78 is 5.10. The van der Waals surface area contributed by atoms with Crippen molar-refractivity contribution >= 4 is 0 Å². The van der Waals surface area contributed by atoms with E-state index in [2.05, 4.69) is 47.1 Å². The minimum absolute atomic E-state index is 0.151. The van der Waals surface area contributed by atoms with Crippen LogP contribution in [0.2, 0.25) is 0 Å². The molecular weight excluding hydrogens is 278 g/mol. The molecule has 1 N–H and O–H groups in total. The minimum atomic E-state index is -0.493. The number of β-amino-alcohol motifs (C(OH)–C–C–N with tert-alkyl or cyclic N) is 1. The molecule has 5 heteroatoms. The van der Waals surface area contributed by atoms with Crippen LogP contribution in [0.5, 0.6) is 0 Å². The fourth-order valence-electron chi connectivity index (χ4n) is 3.32. The lowest BCUT2D eigenvalue weighted by molar-refractivity contribution is 0.103. The Hall–Kier alpha value is -1.72. The predicted molar refractivity (Wildman–Crippen MR) is 83.5 cm³/mol. The molecule has 3 rings (SSSR count). The SMILES string of the molecule is Cc1cc(C)cc([C@H](O)CN2CCC[C@@H]2c2noc(C)n2)c1. The summed E-state index contributed by atoms with van der Waals surface area (Å²) in [5.41, 5.74) is 3.34. The maximum atomic E-state index is 10.6. The quantitative estimate of drug-likeness (QED) is 0.941. The number of nitrogens with zero attached hydrogens (tertiary/aromatic N) is 3. The summed E-state index contributed by atoms with van der Waals surface area (Å²) in [6.45, 7) is 7.48. The third-order valence-corrected chi connectivity index (χ3v) is 4.24. The Labute approximate surface area is 131 Å². The Balaban J connectivity index is 1.73. The largest absolute Gasteiger partial charge is 0.387 e. The highest BCUT2D eigenvalue weighted by molar-refractivity contribution is 5.30. The molecule has 0 aliphatic carbocycles. The summed E-state index contributed by atoms with van der Waals surface area (Å²) in [7, 11) is 0. The summed E-state index contributed by atoms with van der Waals surface area (Å²) in [5, 5.41) is 14.6. The highest BCUT2D eigenvalue weighted by Crippen LogP contribution is 2.32. The zero-order valence-electron chi connectivity index (χ0n) is 13.4. The van der Waals surface area contributed by atoms with Gasteiger partial charge in [0, 0.05) is 13.5 Å². The molecule has 118 valence electrons. The molecule has 2 atom stereocenters. The van der Waals surface area contributed by atoms with Gasteiger partial charge in [0.25, 0.3) is 0 Å². The summed E-state index contributed by atoms with van der Waals surface area (Å²) in [6, 6.07) is 6.39. The number of rotatable bonds is 4. The Morgan fingerprint density at radius 1 is 1.27 bits per heavy atom. The molecule has 1 aromatic carbocycles. The first-order valence-electron chi connectivity index (χ1n) is 7.83. The van der Waals surface area contributed by atoms with E-state index in [4.69, 9.17) is 4.52 Å². The van der Waals surface area contributed by atoms with Gasteiger partial charge in [-0.1, -0.05) is 34.5 Å². The number of hydrogen-bond donors (Lipinski definition) is 1. The predicted octanol–water partition coefficient (Wildman–Crippen LogP) is 2.87. The lowest BCUT2D eigenvalue weighted by atomic mass is 10.0. The van der Waals surface area contributed by atoms with Crippen LogP contribution in [-0.4, -0.2) is 33.2 Å². The van der Waals surface area contributed by atoms with E-state index >= 15 is 0 Å². The van der Waals surface area contributed by atoms with Crippen molar-refractivity contribution in [3.63, 3.8) is 0 Å². The monoisotopic (exact) mass is 301 g/mol. The molecule has 22 heavy (non-hydrogen) atoms. The van der Waals surface area contributed by atoms with E-state index in [1.165, 1.54) is 11.1 Å². The van der Waals surface area contributed by atoms with Crippen LogP contribution < -0.4 is 0 Å². The van der Waals surface area contributed by atoms with Crippen LogP contribution >= 0.6 is 0 Å². The van der Waals surface area contributed by atoms with Gasteiger partial charge in [-0.05, 0) is 38.8 Å². The van der Waals surface area contributed by atoms with Crippen molar-refractivity contribution in [2.24, 2.45) is 0 Å². The van der Waals surface area contributed by atoms with Crippen molar-refractivity contribution in [1.29, 1.82) is 0 Å². The van der Waals surface area contributed by atoms with Crippen molar-refractivity contribution < 1.29 is 9.63 Å². The molecule has 1 fully saturated rings. The maximum Gasteiger partial charge on any atom is 0.223 e. The second kappa shape index (κ2) is 6.18. The first kappa shape index (κ1) is 15.2. The smallest absolute Gasteiger partial charge is 0.223 e. The van der Waals surface area contributed by atoms with Crippen LogP contribution in [0, 0.1) is 20.8 Å². The van der Waals surface area contributed by atoms with Gasteiger partial charge in [0.15, 0.2) is 5.82 Å². The number of hydrogen-bond acceptors (Lipinski definition) is 5. The molecule has 1 saturated heterocycles. The molecule has 0 spiro atoms. The Morgan fingerprint density at radius 2 is 2.00 bits per heavy atom. The van der Waals surface area contributed by atoms with Gasteiger partial charge in [0.1, 0.15) is 0 Å². The first-order chi connectivity index (χ1) is 10.5. The van der Waals surface area contributed by atoms with E-state index < -0.39 is 6.10 Å². The zero-order valence-corrected chi connectivity index (χ0v) is 13.4. The lowest BCUT2D eigenvalue weighted by Crippen LogP contribution is -2.29. The third-order valence-electron chi connectivity index (χ3n) is 4.24. The normalized spacial score (nSPS) is 20.5. The van der Waals surface area contributed by atoms with Gasteiger partial charge in [-0.25, -0.2) is 0 Å². The number of aryl methyl sites for hydroxylation is 3. The second-order valence-electron chi connectivity index (χ2n) is 6.26. The second-order valence-corrected chi connectivity index (χ2v) is 6.26. The van der Waals surface area contributed by atoms with E-state index in [0.29, 0.717) is 12.4 Å². The molecule has 1 aliphatic rings. The van der Waals surface area contributed by atoms with Crippen LogP contribution in [0.1, 0.15) is 53.4 Å². The number of likely N-dealkylation sites (tertiary alicyclic amines) is 1. The third kappa shape index (κ3) is 3.20. The highest BCUT2D eigenvalue weighted by atomic mass is 16.5. The molecule has 0 unspecified atom stereocenters. The van der Waals surface area contributed by atoms with Gasteiger partial charge in [-0.3, -0.25) is 4.90 Å². The standard InChI is InChI=1S/C17H23N3O2/c1-11-7-12(2)9-14(8-11)16(21)10-20-6-4-5-15(20)17-18-13(3)22-19-17/h7-9,15-16,21H,4-6,10H2,1-3H3/t15-,16-/m1/s1. The van der Waals surface area contributed by atoms with Crippen molar-refractivity contribution in [2.45, 2.75) is 45.8 Å². The molecule has 0 radical (unpaired) electrons. The van der Waals surface area contributed by atoms with Crippen LogP contribution in [0.25, 0.3) is 0 Å². The van der Waals surface area contributed by atoms with Gasteiger partial charge in [-0.15, -0.1) is 0 Å². The van der Waals surface area contributed by atoms with E-state index in [0.717, 1.165) is 30.8 Å². The number of aliphatic hydroxyl groups is 1. The maximum absolute atomic E-state index is 10.6. The topological polar surface area (TPSA) is 62.4 Å². The Morgan fingerprint density at radius 3 is 2.64 bits per heavy atom. The molecule has 2 aromatic rings. The molecule has 0 amide bonds. The Kier molecular flexibility index (Phi) is 4.27. The first-order valence-corrected chi connectivity index (χ1v) is 7.83. The molecular formula is C17H23N3O2. The van der Waals surface area contributed by atoms with E-state index in [1.54, 1.807) is 6.92 Å². The van der Waals surface area contributed by atoms with Crippen LogP contribution in [-0.2, 0) is 0 Å². The average Bonchev–Trinajstić information content (AvgIpc) is 3.06. The van der Waals surface area contributed by atoms with Gasteiger partial charge < -0.3 is 9.63 Å². The fraction of sp³-hybridized carbons (Fsp3) is 0.529. The van der Waals surface area contributed by atoms with E-state index in [9.17, 15) is 5.11 Å². The van der Waals surface area contributed by atoms with Crippen molar-refractivity contribution in [3.05, 3.63) is 46.6 Å². The van der Waals surface area contributed by atoms with Crippen LogP contribution in [0.15, 0.2) is 22.7 Å². The average molecular weight is 301 g/mol. The van der Waals surface area contributed by atoms with Crippen molar-refractivity contribution in [2.75, 3.05) is 13.1 Å². The molecule has 0 saturated carbocycles. The van der Waals surface area contributed by atoms with Gasteiger partial charge in [-0.2, -0.15) is 4.98 Å². The number of aliphatic hydroxyl groups excluding tert-OH is 1. The van der Waals surface area contributed by atoms with Gasteiger partial charge in [0.2, 0.25) is 5.89 Å². The molecule has 5 nitrogen and oxygen atoms in total. The van der Waals surface area contributed by atoms with E-state index in [-0.39, 0.29) is 6.04 Å². The van der Waals surface area contributed by atoms with E-state index in [1.807, 2.05) is 0 Å². The number of aromatic nitrogens is 2. The van der Waals surface area contributed by atoms with Crippen molar-refractivity contribution in [3.8, 4) is 0 Å². The Bertz CT molecular complexity index is 633. The molecule has 1 aliphatic heterocycles. The summed E-state index contributed by atoms with van der Waals surface area (Å²) >= 11 is 0. The van der Waals surface area contributed by atoms with Crippen molar-refractivity contribution in [1.82, 2.24) is 15.0 Å². The zero-order chi connectivity index (χ0) is 15.7. The van der Waals surface area contributed by atoms with Crippen LogP contribution in [0.3, 0.4) is 0 Å². The fourth-order valence-corrected chi connectivity index (χ4v) is 3.32.